The number of aromatic nitrogens is 2. The fourth-order valence-corrected chi connectivity index (χ4v) is 4.57. The molecule has 0 spiro atoms. The van der Waals surface area contributed by atoms with Crippen LogP contribution in [-0.4, -0.2) is 29.2 Å². The minimum absolute atomic E-state index is 0.133. The molecule has 0 fully saturated rings. The molecular weight excluding hydrogens is 326 g/mol. The lowest BCUT2D eigenvalue weighted by atomic mass is 10.1. The highest BCUT2D eigenvalue weighted by Crippen LogP contribution is 2.34. The van der Waals surface area contributed by atoms with Gasteiger partial charge in [0.1, 0.15) is 17.9 Å². The Morgan fingerprint density at radius 3 is 2.67 bits per heavy atom. The van der Waals surface area contributed by atoms with E-state index in [2.05, 4.69) is 15.3 Å². The van der Waals surface area contributed by atoms with Gasteiger partial charge in [0.2, 0.25) is 0 Å². The average molecular weight is 341 g/mol. The summed E-state index contributed by atoms with van der Waals surface area (Å²) >= 11 is 0. The highest BCUT2D eigenvalue weighted by molar-refractivity contribution is 7.91. The molecular formula is C17H15N3O3S. The van der Waals surface area contributed by atoms with Gasteiger partial charge in [0, 0.05) is 11.9 Å². The largest absolute Gasteiger partial charge is 0.508 e. The van der Waals surface area contributed by atoms with Gasteiger partial charge < -0.3 is 10.4 Å². The minimum Gasteiger partial charge on any atom is -0.508 e. The zero-order valence-corrected chi connectivity index (χ0v) is 13.5. The summed E-state index contributed by atoms with van der Waals surface area (Å²) < 4.78 is 24.3. The number of hydrogen-bond acceptors (Lipinski definition) is 6. The van der Waals surface area contributed by atoms with Crippen LogP contribution in [0, 0.1) is 0 Å². The lowest BCUT2D eigenvalue weighted by Gasteiger charge is -2.11. The van der Waals surface area contributed by atoms with Crippen LogP contribution in [0.25, 0.3) is 10.9 Å². The fourth-order valence-electron chi connectivity index (χ4n) is 3.02. The van der Waals surface area contributed by atoms with Gasteiger partial charge >= 0.3 is 0 Å². The van der Waals surface area contributed by atoms with E-state index in [1.54, 1.807) is 24.3 Å². The van der Waals surface area contributed by atoms with E-state index in [4.69, 9.17) is 0 Å². The topological polar surface area (TPSA) is 92.2 Å². The van der Waals surface area contributed by atoms with Crippen molar-refractivity contribution in [1.82, 2.24) is 9.97 Å². The third-order valence-corrected chi connectivity index (χ3v) is 6.01. The standard InChI is InChI=1S/C17H15N3O3S/c21-12-3-1-11(2-4-12)9-18-17-16-13-7-8-24(22,23)15(13)6-5-14(16)19-10-20-17/h1-6,10,21H,7-9H2,(H,18,19,20). The van der Waals surface area contributed by atoms with Gasteiger partial charge in [0.05, 0.1) is 16.2 Å². The Bertz CT molecular complexity index is 1030. The van der Waals surface area contributed by atoms with Crippen molar-refractivity contribution in [2.24, 2.45) is 0 Å². The highest BCUT2D eigenvalue weighted by Gasteiger charge is 2.29. The first-order valence-electron chi connectivity index (χ1n) is 7.56. The molecule has 122 valence electrons. The summed E-state index contributed by atoms with van der Waals surface area (Å²) in [4.78, 5) is 8.94. The number of aryl methyl sites for hydroxylation is 1. The van der Waals surface area contributed by atoms with Crippen molar-refractivity contribution < 1.29 is 13.5 Å². The normalized spacial score (nSPS) is 15.3. The molecule has 4 rings (SSSR count). The average Bonchev–Trinajstić information content (AvgIpc) is 2.89. The van der Waals surface area contributed by atoms with Gasteiger partial charge in [-0.1, -0.05) is 12.1 Å². The van der Waals surface area contributed by atoms with Crippen LogP contribution >= 0.6 is 0 Å². The number of nitrogens with zero attached hydrogens (tertiary/aromatic N) is 2. The molecule has 1 aromatic heterocycles. The van der Waals surface area contributed by atoms with Gasteiger partial charge in [-0.3, -0.25) is 0 Å². The van der Waals surface area contributed by atoms with Crippen molar-refractivity contribution in [2.45, 2.75) is 17.9 Å². The molecule has 0 saturated carbocycles. The molecule has 0 radical (unpaired) electrons. The summed E-state index contributed by atoms with van der Waals surface area (Å²) in [6, 6.07) is 10.3. The van der Waals surface area contributed by atoms with Gasteiger partial charge in [-0.25, -0.2) is 18.4 Å². The predicted molar refractivity (Wildman–Crippen MR) is 90.7 cm³/mol. The number of phenolic OH excluding ortho intramolecular Hbond substituents is 1. The first-order chi connectivity index (χ1) is 11.5. The SMILES string of the molecule is O=S1(=O)CCc2c1ccc1ncnc(NCc3ccc(O)cc3)c21. The van der Waals surface area contributed by atoms with E-state index in [1.807, 2.05) is 12.1 Å². The second-order valence-electron chi connectivity index (χ2n) is 5.75. The highest BCUT2D eigenvalue weighted by atomic mass is 32.2. The number of benzene rings is 2. The van der Waals surface area contributed by atoms with Crippen LogP contribution < -0.4 is 5.32 Å². The Morgan fingerprint density at radius 2 is 1.88 bits per heavy atom. The molecule has 1 aliphatic heterocycles. The monoisotopic (exact) mass is 341 g/mol. The molecule has 7 heteroatoms. The van der Waals surface area contributed by atoms with E-state index < -0.39 is 9.84 Å². The number of fused-ring (bicyclic) bond motifs is 3. The van der Waals surface area contributed by atoms with Crippen molar-refractivity contribution in [3.8, 4) is 5.75 Å². The molecule has 3 aromatic rings. The molecule has 0 unspecified atom stereocenters. The van der Waals surface area contributed by atoms with Crippen molar-refractivity contribution >= 4 is 26.6 Å². The number of hydrogen-bond donors (Lipinski definition) is 2. The maximum absolute atomic E-state index is 12.1. The Balaban J connectivity index is 1.76. The van der Waals surface area contributed by atoms with Crippen LogP contribution in [-0.2, 0) is 22.8 Å². The van der Waals surface area contributed by atoms with E-state index in [-0.39, 0.29) is 11.5 Å². The summed E-state index contributed by atoms with van der Waals surface area (Å²) in [7, 11) is -3.20. The first-order valence-corrected chi connectivity index (χ1v) is 9.21. The Hall–Kier alpha value is -2.67. The second-order valence-corrected chi connectivity index (χ2v) is 7.83. The molecule has 2 N–H and O–H groups in total. The smallest absolute Gasteiger partial charge is 0.179 e. The Labute approximate surface area is 139 Å². The summed E-state index contributed by atoms with van der Waals surface area (Å²) in [5, 5.41) is 13.4. The lowest BCUT2D eigenvalue weighted by Crippen LogP contribution is -2.04. The molecule has 0 bridgehead atoms. The number of nitrogens with one attached hydrogen (secondary N) is 1. The Morgan fingerprint density at radius 1 is 1.08 bits per heavy atom. The van der Waals surface area contributed by atoms with Gasteiger partial charge in [-0.2, -0.15) is 0 Å². The third-order valence-electron chi connectivity index (χ3n) is 4.22. The van der Waals surface area contributed by atoms with Crippen molar-refractivity contribution in [3.63, 3.8) is 0 Å². The molecule has 0 atom stereocenters. The van der Waals surface area contributed by atoms with Gasteiger partial charge in [0.15, 0.2) is 9.84 Å². The zero-order valence-electron chi connectivity index (χ0n) is 12.7. The number of rotatable bonds is 3. The second kappa shape index (κ2) is 5.45. The maximum Gasteiger partial charge on any atom is 0.179 e. The van der Waals surface area contributed by atoms with Crippen LogP contribution in [0.3, 0.4) is 0 Å². The Kier molecular flexibility index (Phi) is 3.38. The van der Waals surface area contributed by atoms with E-state index in [0.29, 0.717) is 23.7 Å². The van der Waals surface area contributed by atoms with E-state index >= 15 is 0 Å². The fraction of sp³-hybridized carbons (Fsp3) is 0.176. The predicted octanol–water partition coefficient (Wildman–Crippen LogP) is 2.28. The van der Waals surface area contributed by atoms with E-state index in [9.17, 15) is 13.5 Å². The molecule has 0 amide bonds. The third kappa shape index (κ3) is 2.46. The van der Waals surface area contributed by atoms with Gasteiger partial charge in [-0.15, -0.1) is 0 Å². The quantitative estimate of drug-likeness (QED) is 0.759. The first kappa shape index (κ1) is 14.9. The van der Waals surface area contributed by atoms with E-state index in [1.165, 1.54) is 6.33 Å². The number of anilines is 1. The van der Waals surface area contributed by atoms with Crippen molar-refractivity contribution in [3.05, 3.63) is 53.9 Å². The van der Waals surface area contributed by atoms with Crippen LogP contribution in [0.4, 0.5) is 5.82 Å². The van der Waals surface area contributed by atoms with Crippen LogP contribution in [0.2, 0.25) is 0 Å². The zero-order chi connectivity index (χ0) is 16.7. The van der Waals surface area contributed by atoms with Gasteiger partial charge in [0.25, 0.3) is 0 Å². The molecule has 0 aliphatic carbocycles. The summed E-state index contributed by atoms with van der Waals surface area (Å²) in [5.41, 5.74) is 2.51. The summed E-state index contributed by atoms with van der Waals surface area (Å²) in [5.74, 6) is 0.976. The lowest BCUT2D eigenvalue weighted by molar-refractivity contribution is 0.475. The van der Waals surface area contributed by atoms with Crippen molar-refractivity contribution in [1.29, 1.82) is 0 Å². The molecule has 2 heterocycles. The molecule has 6 nitrogen and oxygen atoms in total. The molecule has 24 heavy (non-hydrogen) atoms. The van der Waals surface area contributed by atoms with E-state index in [0.717, 1.165) is 22.0 Å². The molecule has 2 aromatic carbocycles. The molecule has 1 aliphatic rings. The van der Waals surface area contributed by atoms with Gasteiger partial charge in [-0.05, 0) is 41.8 Å². The number of aromatic hydroxyl groups is 1. The van der Waals surface area contributed by atoms with Crippen LogP contribution in [0.15, 0.2) is 47.6 Å². The maximum atomic E-state index is 12.1. The van der Waals surface area contributed by atoms with Crippen molar-refractivity contribution in [2.75, 3.05) is 11.1 Å². The molecule has 0 saturated heterocycles. The number of phenols is 1. The summed E-state index contributed by atoms with van der Waals surface area (Å²) in [6.45, 7) is 0.517. The summed E-state index contributed by atoms with van der Waals surface area (Å²) in [6.07, 6.45) is 1.95. The number of sulfone groups is 1. The minimum atomic E-state index is -3.20. The van der Waals surface area contributed by atoms with Crippen LogP contribution in [0.1, 0.15) is 11.1 Å². The van der Waals surface area contributed by atoms with Crippen LogP contribution in [0.5, 0.6) is 5.75 Å².